The van der Waals surface area contributed by atoms with Crippen LogP contribution in [-0.4, -0.2) is 34.8 Å². The summed E-state index contributed by atoms with van der Waals surface area (Å²) >= 11 is 0. The molecule has 2 unspecified atom stereocenters. The van der Waals surface area contributed by atoms with Crippen LogP contribution in [0.15, 0.2) is 18.2 Å². The van der Waals surface area contributed by atoms with Crippen molar-refractivity contribution in [2.75, 3.05) is 6.61 Å². The maximum atomic E-state index is 11.5. The molecule has 2 rings (SSSR count). The van der Waals surface area contributed by atoms with Gasteiger partial charge < -0.3 is 20.3 Å². The largest absolute Gasteiger partial charge is 0.464 e. The fraction of sp³-hybridized carbons (Fsp3) is 0.385. The predicted molar refractivity (Wildman–Crippen MR) is 65.2 cm³/mol. The molecule has 6 heteroatoms. The van der Waals surface area contributed by atoms with Crippen LogP contribution in [0.5, 0.6) is 0 Å². The van der Waals surface area contributed by atoms with E-state index in [1.165, 1.54) is 0 Å². The summed E-state index contributed by atoms with van der Waals surface area (Å²) in [6.45, 7) is 2.01. The van der Waals surface area contributed by atoms with Crippen molar-refractivity contribution in [1.29, 1.82) is 0 Å². The van der Waals surface area contributed by atoms with Gasteiger partial charge in [-0.25, -0.2) is 4.79 Å². The zero-order valence-corrected chi connectivity index (χ0v) is 10.4. The molecule has 1 aliphatic heterocycles. The van der Waals surface area contributed by atoms with Crippen molar-refractivity contribution in [2.24, 2.45) is 0 Å². The Morgan fingerprint density at radius 1 is 1.47 bits per heavy atom. The normalized spacial score (nSPS) is 16.5. The third kappa shape index (κ3) is 2.45. The van der Waals surface area contributed by atoms with Gasteiger partial charge in [0.15, 0.2) is 6.10 Å². The first-order valence-corrected chi connectivity index (χ1v) is 5.99. The molecule has 0 aliphatic carbocycles. The van der Waals surface area contributed by atoms with Gasteiger partial charge in [-0.2, -0.15) is 0 Å². The van der Waals surface area contributed by atoms with Crippen LogP contribution < -0.4 is 5.32 Å². The maximum absolute atomic E-state index is 11.5. The molecule has 2 atom stereocenters. The summed E-state index contributed by atoms with van der Waals surface area (Å²) in [6, 6.07) is 4.80. The van der Waals surface area contributed by atoms with Crippen LogP contribution in [0.2, 0.25) is 0 Å². The Morgan fingerprint density at radius 2 is 2.21 bits per heavy atom. The third-order valence-electron chi connectivity index (χ3n) is 3.03. The molecule has 0 saturated heterocycles. The molecule has 0 bridgehead atoms. The molecule has 3 N–H and O–H groups in total. The van der Waals surface area contributed by atoms with E-state index in [1.807, 2.05) is 0 Å². The quantitative estimate of drug-likeness (QED) is 0.660. The molecule has 1 amide bonds. The first-order valence-electron chi connectivity index (χ1n) is 5.99. The van der Waals surface area contributed by atoms with Gasteiger partial charge in [-0.05, 0) is 24.1 Å². The average molecular weight is 265 g/mol. The summed E-state index contributed by atoms with van der Waals surface area (Å²) in [7, 11) is 0. The number of esters is 1. The van der Waals surface area contributed by atoms with E-state index in [9.17, 15) is 19.8 Å². The Hall–Kier alpha value is -1.92. The number of hydrogen-bond acceptors (Lipinski definition) is 5. The van der Waals surface area contributed by atoms with Crippen LogP contribution in [0.25, 0.3) is 0 Å². The Morgan fingerprint density at radius 3 is 2.89 bits per heavy atom. The lowest BCUT2D eigenvalue weighted by atomic mass is 9.96. The molecule has 0 radical (unpaired) electrons. The van der Waals surface area contributed by atoms with Gasteiger partial charge in [-0.3, -0.25) is 4.79 Å². The number of rotatable bonds is 4. The number of nitrogens with one attached hydrogen (secondary N) is 1. The first-order chi connectivity index (χ1) is 9.06. The highest BCUT2D eigenvalue weighted by Gasteiger charge is 2.31. The molecule has 19 heavy (non-hydrogen) atoms. The second-order valence-corrected chi connectivity index (χ2v) is 4.20. The summed E-state index contributed by atoms with van der Waals surface area (Å²) < 4.78 is 4.66. The van der Waals surface area contributed by atoms with Crippen molar-refractivity contribution in [3.8, 4) is 0 Å². The van der Waals surface area contributed by atoms with E-state index >= 15 is 0 Å². The average Bonchev–Trinajstić information content (AvgIpc) is 2.79. The van der Waals surface area contributed by atoms with E-state index < -0.39 is 18.2 Å². The minimum atomic E-state index is -1.66. The van der Waals surface area contributed by atoms with Crippen LogP contribution in [0.4, 0.5) is 0 Å². The number of aliphatic hydroxyl groups excluding tert-OH is 2. The minimum absolute atomic E-state index is 0.121. The second-order valence-electron chi connectivity index (χ2n) is 4.20. The number of hydrogen-bond donors (Lipinski definition) is 3. The van der Waals surface area contributed by atoms with Gasteiger partial charge in [-0.1, -0.05) is 12.1 Å². The van der Waals surface area contributed by atoms with E-state index in [0.717, 1.165) is 0 Å². The van der Waals surface area contributed by atoms with Crippen LogP contribution in [-0.2, 0) is 16.1 Å². The van der Waals surface area contributed by atoms with Gasteiger partial charge in [0.25, 0.3) is 5.91 Å². The summed E-state index contributed by atoms with van der Waals surface area (Å²) in [6.07, 6.45) is -3.08. The molecule has 1 aliphatic rings. The minimum Gasteiger partial charge on any atom is -0.464 e. The number of carbonyl (C=O) groups is 2. The van der Waals surface area contributed by atoms with E-state index in [0.29, 0.717) is 16.7 Å². The summed E-state index contributed by atoms with van der Waals surface area (Å²) in [5.41, 5.74) is 1.41. The lowest BCUT2D eigenvalue weighted by Gasteiger charge is -2.18. The molecule has 0 fully saturated rings. The highest BCUT2D eigenvalue weighted by Crippen LogP contribution is 2.27. The van der Waals surface area contributed by atoms with Crippen LogP contribution in [0.1, 0.15) is 34.5 Å². The van der Waals surface area contributed by atoms with Gasteiger partial charge in [0.05, 0.1) is 6.61 Å². The van der Waals surface area contributed by atoms with Crippen molar-refractivity contribution < 1.29 is 24.5 Å². The van der Waals surface area contributed by atoms with E-state index in [-0.39, 0.29) is 19.1 Å². The number of aliphatic hydroxyl groups is 2. The molecule has 0 saturated carbocycles. The monoisotopic (exact) mass is 265 g/mol. The fourth-order valence-corrected chi connectivity index (χ4v) is 2.08. The van der Waals surface area contributed by atoms with Gasteiger partial charge in [-0.15, -0.1) is 0 Å². The van der Waals surface area contributed by atoms with Gasteiger partial charge in [0, 0.05) is 12.1 Å². The zero-order valence-electron chi connectivity index (χ0n) is 10.4. The van der Waals surface area contributed by atoms with Crippen molar-refractivity contribution in [3.63, 3.8) is 0 Å². The maximum Gasteiger partial charge on any atom is 0.338 e. The molecule has 1 aromatic rings. The SMILES string of the molecule is CCOC(=O)C(O)C(O)c1cccc2c1CNC2=O. The summed E-state index contributed by atoms with van der Waals surface area (Å²) in [5, 5.41) is 22.4. The van der Waals surface area contributed by atoms with Gasteiger partial charge >= 0.3 is 5.97 Å². The Kier molecular flexibility index (Phi) is 3.82. The smallest absolute Gasteiger partial charge is 0.338 e. The molecule has 0 aromatic heterocycles. The summed E-state index contributed by atoms with van der Waals surface area (Å²) in [5.74, 6) is -1.11. The topological polar surface area (TPSA) is 95.9 Å². The lowest BCUT2D eigenvalue weighted by Crippen LogP contribution is -2.30. The van der Waals surface area contributed by atoms with Crippen molar-refractivity contribution in [3.05, 3.63) is 34.9 Å². The molecular formula is C13H15NO5. The highest BCUT2D eigenvalue weighted by molar-refractivity contribution is 5.98. The van der Waals surface area contributed by atoms with E-state index in [4.69, 9.17) is 0 Å². The summed E-state index contributed by atoms with van der Waals surface area (Å²) in [4.78, 5) is 22.9. The number of fused-ring (bicyclic) bond motifs is 1. The number of benzene rings is 1. The zero-order chi connectivity index (χ0) is 14.0. The van der Waals surface area contributed by atoms with E-state index in [2.05, 4.69) is 10.1 Å². The Labute approximate surface area is 110 Å². The highest BCUT2D eigenvalue weighted by atomic mass is 16.5. The van der Waals surface area contributed by atoms with Crippen LogP contribution in [0.3, 0.4) is 0 Å². The number of carbonyl (C=O) groups excluding carboxylic acids is 2. The number of ether oxygens (including phenoxy) is 1. The molecule has 102 valence electrons. The Balaban J connectivity index is 2.28. The van der Waals surface area contributed by atoms with Crippen molar-refractivity contribution in [2.45, 2.75) is 25.7 Å². The van der Waals surface area contributed by atoms with Gasteiger partial charge in [0.2, 0.25) is 0 Å². The molecule has 0 spiro atoms. The van der Waals surface area contributed by atoms with Gasteiger partial charge in [0.1, 0.15) is 6.10 Å². The molecule has 6 nitrogen and oxygen atoms in total. The van der Waals surface area contributed by atoms with Crippen molar-refractivity contribution in [1.82, 2.24) is 5.32 Å². The Bertz CT molecular complexity index is 514. The van der Waals surface area contributed by atoms with Crippen LogP contribution in [0, 0.1) is 0 Å². The van der Waals surface area contributed by atoms with E-state index in [1.54, 1.807) is 25.1 Å². The second kappa shape index (κ2) is 5.38. The predicted octanol–water partition coefficient (Wildman–Crippen LogP) is -0.113. The molecule has 1 heterocycles. The van der Waals surface area contributed by atoms with Crippen LogP contribution >= 0.6 is 0 Å². The third-order valence-corrected chi connectivity index (χ3v) is 3.03. The molecule has 1 aromatic carbocycles. The van der Waals surface area contributed by atoms with Crippen molar-refractivity contribution >= 4 is 11.9 Å². The fourth-order valence-electron chi connectivity index (χ4n) is 2.08. The first kappa shape index (κ1) is 13.5. The number of amides is 1. The standard InChI is InChI=1S/C13H15NO5/c1-2-19-13(18)11(16)10(15)7-4-3-5-8-9(7)6-14-12(8)17/h3-5,10-11,15-16H,2,6H2,1H3,(H,14,17). The lowest BCUT2D eigenvalue weighted by molar-refractivity contribution is -0.159. The molecular weight excluding hydrogens is 250 g/mol.